The van der Waals surface area contributed by atoms with Crippen molar-refractivity contribution in [3.05, 3.63) is 10.4 Å². The third-order valence-electron chi connectivity index (χ3n) is 3.40. The molecule has 7 heteroatoms. The van der Waals surface area contributed by atoms with E-state index in [2.05, 4.69) is 20.3 Å². The number of aliphatic imine (C=N–C) groups is 1. The number of aromatic amines is 1. The Kier molecular flexibility index (Phi) is 2.07. The van der Waals surface area contributed by atoms with Crippen molar-refractivity contribution in [1.82, 2.24) is 9.97 Å². The zero-order valence-corrected chi connectivity index (χ0v) is 9.91. The Morgan fingerprint density at radius 1 is 1.39 bits per heavy atom. The first-order valence-corrected chi connectivity index (χ1v) is 5.80. The number of rotatable bonds is 0. The second kappa shape index (κ2) is 3.41. The summed E-state index contributed by atoms with van der Waals surface area (Å²) >= 11 is 0. The number of hydrogen-bond donors (Lipinski definition) is 3. The van der Waals surface area contributed by atoms with Gasteiger partial charge in [-0.2, -0.15) is 4.98 Å². The number of ketones is 1. The third kappa shape index (κ3) is 1.43. The summed E-state index contributed by atoms with van der Waals surface area (Å²) in [5.74, 6) is 0.367. The predicted molar refractivity (Wildman–Crippen MR) is 67.3 cm³/mol. The summed E-state index contributed by atoms with van der Waals surface area (Å²) in [4.78, 5) is 34.2. The Bertz CT molecular complexity index is 633. The monoisotopic (exact) mass is 247 g/mol. The molecule has 0 saturated heterocycles. The second-order valence-corrected chi connectivity index (χ2v) is 4.84. The van der Waals surface area contributed by atoms with Gasteiger partial charge in [-0.15, -0.1) is 0 Å². The van der Waals surface area contributed by atoms with Crippen LogP contribution in [-0.2, 0) is 4.79 Å². The lowest BCUT2D eigenvalue weighted by atomic mass is 9.79. The van der Waals surface area contributed by atoms with Crippen molar-refractivity contribution in [1.29, 1.82) is 0 Å². The van der Waals surface area contributed by atoms with Crippen molar-refractivity contribution in [2.24, 2.45) is 4.99 Å². The van der Waals surface area contributed by atoms with Gasteiger partial charge in [-0.25, -0.2) is 4.99 Å². The first-order chi connectivity index (χ1) is 8.49. The van der Waals surface area contributed by atoms with E-state index in [9.17, 15) is 9.59 Å². The Morgan fingerprint density at radius 3 is 2.94 bits per heavy atom. The average Bonchev–Trinajstić information content (AvgIpc) is 2.26. The van der Waals surface area contributed by atoms with E-state index in [1.54, 1.807) is 0 Å². The summed E-state index contributed by atoms with van der Waals surface area (Å²) in [5, 5.41) is 3.12. The van der Waals surface area contributed by atoms with E-state index in [0.29, 0.717) is 18.0 Å². The zero-order valence-electron chi connectivity index (χ0n) is 9.91. The average molecular weight is 247 g/mol. The number of nitrogens with two attached hydrogens (primary N) is 1. The number of H-pyrrole nitrogens is 1. The summed E-state index contributed by atoms with van der Waals surface area (Å²) in [6, 6.07) is 0. The molecule has 1 aliphatic heterocycles. The highest BCUT2D eigenvalue weighted by atomic mass is 16.1. The van der Waals surface area contributed by atoms with Gasteiger partial charge < -0.3 is 11.1 Å². The van der Waals surface area contributed by atoms with Gasteiger partial charge in [0.25, 0.3) is 5.56 Å². The maximum absolute atomic E-state index is 11.9. The number of fused-ring (bicyclic) bond motifs is 2. The Morgan fingerprint density at radius 2 is 2.17 bits per heavy atom. The van der Waals surface area contributed by atoms with Crippen LogP contribution in [0.15, 0.2) is 9.79 Å². The summed E-state index contributed by atoms with van der Waals surface area (Å²) in [5.41, 5.74) is 5.07. The molecule has 1 aromatic heterocycles. The summed E-state index contributed by atoms with van der Waals surface area (Å²) in [6.45, 7) is 1.89. The van der Waals surface area contributed by atoms with Crippen molar-refractivity contribution in [2.45, 2.75) is 31.7 Å². The van der Waals surface area contributed by atoms with E-state index in [4.69, 9.17) is 5.73 Å². The van der Waals surface area contributed by atoms with Crippen molar-refractivity contribution in [3.63, 3.8) is 0 Å². The number of nitrogen functional groups attached to an aromatic ring is 1. The van der Waals surface area contributed by atoms with Crippen LogP contribution >= 0.6 is 0 Å². The lowest BCUT2D eigenvalue weighted by molar-refractivity contribution is -0.113. The first kappa shape index (κ1) is 10.9. The van der Waals surface area contributed by atoms with Gasteiger partial charge in [-0.3, -0.25) is 14.6 Å². The van der Waals surface area contributed by atoms with Crippen molar-refractivity contribution in [2.75, 3.05) is 11.1 Å². The fourth-order valence-electron chi connectivity index (χ4n) is 2.50. The molecule has 0 aromatic carbocycles. The molecule has 3 rings (SSSR count). The number of carbonyl (C=O) groups is 1. The van der Waals surface area contributed by atoms with E-state index in [0.717, 1.165) is 12.8 Å². The molecule has 0 amide bonds. The van der Waals surface area contributed by atoms with E-state index in [1.807, 2.05) is 6.92 Å². The topological polar surface area (TPSA) is 113 Å². The molecule has 1 atom stereocenters. The van der Waals surface area contributed by atoms with E-state index < -0.39 is 11.1 Å². The van der Waals surface area contributed by atoms with Crippen LogP contribution < -0.4 is 16.6 Å². The van der Waals surface area contributed by atoms with Gasteiger partial charge >= 0.3 is 0 Å². The Labute approximate surface area is 103 Å². The van der Waals surface area contributed by atoms with Crippen molar-refractivity contribution < 1.29 is 4.79 Å². The van der Waals surface area contributed by atoms with Crippen molar-refractivity contribution >= 4 is 28.9 Å². The quantitative estimate of drug-likeness (QED) is 0.612. The number of nitrogens with one attached hydrogen (secondary N) is 2. The highest BCUT2D eigenvalue weighted by Crippen LogP contribution is 2.35. The third-order valence-corrected chi connectivity index (χ3v) is 3.40. The van der Waals surface area contributed by atoms with E-state index in [-0.39, 0.29) is 17.4 Å². The zero-order chi connectivity index (χ0) is 12.9. The van der Waals surface area contributed by atoms with Gasteiger partial charge in [0.1, 0.15) is 5.71 Å². The summed E-state index contributed by atoms with van der Waals surface area (Å²) in [7, 11) is 0. The maximum atomic E-state index is 11.9. The standard InChI is InChI=1S/C11H13N5O2/c1-11-4-2-3-5(17)7(11)13-6-8(16-11)14-10(12)15-9(6)18/h2-4H2,1H3,(H4,12,14,15,16,18)/t11-/m0/s1. The molecule has 1 aliphatic carbocycles. The molecule has 0 unspecified atom stereocenters. The molecule has 0 bridgehead atoms. The highest BCUT2D eigenvalue weighted by molar-refractivity contribution is 6.45. The van der Waals surface area contributed by atoms with Crippen LogP contribution in [0.5, 0.6) is 0 Å². The fourth-order valence-corrected chi connectivity index (χ4v) is 2.50. The molecular weight excluding hydrogens is 234 g/mol. The van der Waals surface area contributed by atoms with Crippen LogP contribution in [0.25, 0.3) is 0 Å². The van der Waals surface area contributed by atoms with E-state index >= 15 is 0 Å². The number of Topliss-reactive ketones (excluding diaryl/α,β-unsaturated/α-hetero) is 1. The van der Waals surface area contributed by atoms with Gasteiger partial charge in [0.05, 0.1) is 5.54 Å². The molecule has 94 valence electrons. The van der Waals surface area contributed by atoms with E-state index in [1.165, 1.54) is 0 Å². The predicted octanol–water partition coefficient (Wildman–Crippen LogP) is 0.362. The summed E-state index contributed by atoms with van der Waals surface area (Å²) in [6.07, 6.45) is 2.06. The smallest absolute Gasteiger partial charge is 0.280 e. The van der Waals surface area contributed by atoms with Gasteiger partial charge in [-0.05, 0) is 19.8 Å². The summed E-state index contributed by atoms with van der Waals surface area (Å²) < 4.78 is 0. The highest BCUT2D eigenvalue weighted by Gasteiger charge is 2.42. The maximum Gasteiger partial charge on any atom is 0.280 e. The molecule has 4 N–H and O–H groups in total. The number of nitrogens with zero attached hydrogens (tertiary/aromatic N) is 2. The Hall–Kier alpha value is -2.18. The van der Waals surface area contributed by atoms with Crippen LogP contribution in [0.2, 0.25) is 0 Å². The fraction of sp³-hybridized carbons (Fsp3) is 0.455. The van der Waals surface area contributed by atoms with Gasteiger partial charge in [-0.1, -0.05) is 0 Å². The molecule has 1 saturated carbocycles. The van der Waals surface area contributed by atoms with Crippen LogP contribution in [0, 0.1) is 0 Å². The van der Waals surface area contributed by atoms with Gasteiger partial charge in [0, 0.05) is 6.42 Å². The molecule has 0 spiro atoms. The minimum atomic E-state index is -0.546. The SMILES string of the molecule is C[C@]12CCCC(=O)C1=Nc1c(nc(N)[nH]c1=O)N2. The van der Waals surface area contributed by atoms with Crippen LogP contribution in [-0.4, -0.2) is 27.0 Å². The molecule has 7 nitrogen and oxygen atoms in total. The molecule has 1 aromatic rings. The van der Waals surface area contributed by atoms with Gasteiger partial charge in [0.2, 0.25) is 5.95 Å². The lowest BCUT2D eigenvalue weighted by Gasteiger charge is -2.38. The van der Waals surface area contributed by atoms with Crippen LogP contribution in [0.1, 0.15) is 26.2 Å². The molecule has 1 fully saturated rings. The number of carbonyl (C=O) groups excluding carboxylic acids is 1. The largest absolute Gasteiger partial charge is 0.369 e. The first-order valence-electron chi connectivity index (χ1n) is 5.80. The minimum Gasteiger partial charge on any atom is -0.369 e. The number of hydrogen-bond acceptors (Lipinski definition) is 6. The second-order valence-electron chi connectivity index (χ2n) is 4.84. The Balaban J connectivity index is 2.23. The number of anilines is 2. The molecule has 18 heavy (non-hydrogen) atoms. The van der Waals surface area contributed by atoms with Gasteiger partial charge in [0.15, 0.2) is 17.3 Å². The lowest BCUT2D eigenvalue weighted by Crippen LogP contribution is -2.52. The van der Waals surface area contributed by atoms with Crippen LogP contribution in [0.3, 0.4) is 0 Å². The van der Waals surface area contributed by atoms with Crippen molar-refractivity contribution in [3.8, 4) is 0 Å². The molecule has 2 aliphatic rings. The normalized spacial score (nSPS) is 25.8. The minimum absolute atomic E-state index is 0.0156. The van der Waals surface area contributed by atoms with Crippen LogP contribution in [0.4, 0.5) is 17.5 Å². The number of aromatic nitrogens is 2. The molecule has 2 heterocycles. The molecular formula is C11H13N5O2. The molecule has 0 radical (unpaired) electrons.